The Kier molecular flexibility index (Phi) is 10.4. The highest BCUT2D eigenvalue weighted by Gasteiger charge is 2.33. The van der Waals surface area contributed by atoms with Crippen LogP contribution in [0.25, 0.3) is 0 Å². The van der Waals surface area contributed by atoms with Crippen molar-refractivity contribution in [3.63, 3.8) is 0 Å². The minimum Gasteiger partial charge on any atom is -0.487 e. The predicted octanol–water partition coefficient (Wildman–Crippen LogP) is 3.04. The molecule has 0 amide bonds. The van der Waals surface area contributed by atoms with E-state index in [-0.39, 0.29) is 35.6 Å². The van der Waals surface area contributed by atoms with Crippen molar-refractivity contribution in [3.8, 4) is 5.75 Å². The third-order valence-corrected chi connectivity index (χ3v) is 4.46. The summed E-state index contributed by atoms with van der Waals surface area (Å²) in [7, 11) is 3.82. The van der Waals surface area contributed by atoms with E-state index in [1.165, 1.54) is 5.56 Å². The molecule has 1 aromatic rings. The van der Waals surface area contributed by atoms with Crippen LogP contribution in [0.5, 0.6) is 5.75 Å². The highest BCUT2D eigenvalue weighted by atomic mass is 127. The third-order valence-electron chi connectivity index (χ3n) is 4.46. The van der Waals surface area contributed by atoms with Gasteiger partial charge in [-0.15, -0.1) is 24.0 Å². The molecule has 0 bridgehead atoms. The van der Waals surface area contributed by atoms with Crippen LogP contribution in [0.2, 0.25) is 0 Å². The lowest BCUT2D eigenvalue weighted by molar-refractivity contribution is 0.0694. The van der Waals surface area contributed by atoms with Crippen LogP contribution in [0.1, 0.15) is 38.8 Å². The summed E-state index contributed by atoms with van der Waals surface area (Å²) in [5.41, 5.74) is 0.985. The number of hydrogen-bond donors (Lipinski definition) is 2. The molecule has 6 nitrogen and oxygen atoms in total. The zero-order valence-corrected chi connectivity index (χ0v) is 19.6. The number of para-hydroxylation sites is 1. The SMILES string of the molecule is CCNC(=NCCN(C)CCOC)NC1CC(C)(C)Oc2ccccc21.I. The molecule has 1 heterocycles. The van der Waals surface area contributed by atoms with Gasteiger partial charge in [-0.25, -0.2) is 0 Å². The number of ether oxygens (including phenoxy) is 2. The molecule has 0 saturated heterocycles. The van der Waals surface area contributed by atoms with Crippen molar-refractivity contribution in [2.45, 2.75) is 38.8 Å². The number of aliphatic imine (C=N–C) groups is 1. The number of methoxy groups -OCH3 is 1. The maximum Gasteiger partial charge on any atom is 0.191 e. The molecule has 2 rings (SSSR count). The van der Waals surface area contributed by atoms with E-state index in [2.05, 4.69) is 55.5 Å². The van der Waals surface area contributed by atoms with Gasteiger partial charge in [0.25, 0.3) is 0 Å². The van der Waals surface area contributed by atoms with Crippen molar-refractivity contribution >= 4 is 29.9 Å². The number of rotatable bonds is 8. The molecule has 0 saturated carbocycles. The first-order valence-corrected chi connectivity index (χ1v) is 9.45. The second kappa shape index (κ2) is 11.7. The highest BCUT2D eigenvalue weighted by Crippen LogP contribution is 2.39. The molecule has 0 radical (unpaired) electrons. The molecule has 27 heavy (non-hydrogen) atoms. The van der Waals surface area contributed by atoms with E-state index in [0.29, 0.717) is 0 Å². The number of nitrogens with zero attached hydrogens (tertiary/aromatic N) is 2. The lowest BCUT2D eigenvalue weighted by atomic mass is 9.90. The highest BCUT2D eigenvalue weighted by molar-refractivity contribution is 14.0. The molecule has 0 spiro atoms. The molecular weight excluding hydrogens is 455 g/mol. The monoisotopic (exact) mass is 490 g/mol. The molecule has 7 heteroatoms. The minimum atomic E-state index is -0.205. The average Bonchev–Trinajstić information content (AvgIpc) is 2.59. The van der Waals surface area contributed by atoms with Crippen LogP contribution in [-0.2, 0) is 4.74 Å². The fourth-order valence-corrected chi connectivity index (χ4v) is 3.11. The average molecular weight is 490 g/mol. The molecule has 1 aliphatic rings. The van der Waals surface area contributed by atoms with Crippen LogP contribution in [0.15, 0.2) is 29.3 Å². The lowest BCUT2D eigenvalue weighted by Crippen LogP contribution is -2.45. The number of hydrogen-bond acceptors (Lipinski definition) is 4. The normalized spacial score (nSPS) is 18.3. The van der Waals surface area contributed by atoms with Gasteiger partial charge in [-0.1, -0.05) is 18.2 Å². The largest absolute Gasteiger partial charge is 0.487 e. The van der Waals surface area contributed by atoms with Crippen molar-refractivity contribution in [1.29, 1.82) is 0 Å². The Hall–Kier alpha value is -1.06. The fourth-order valence-electron chi connectivity index (χ4n) is 3.11. The maximum absolute atomic E-state index is 6.12. The lowest BCUT2D eigenvalue weighted by Gasteiger charge is -2.38. The van der Waals surface area contributed by atoms with E-state index in [9.17, 15) is 0 Å². The topological polar surface area (TPSA) is 58.1 Å². The van der Waals surface area contributed by atoms with Gasteiger partial charge >= 0.3 is 0 Å². The van der Waals surface area contributed by atoms with Gasteiger partial charge in [0, 0.05) is 38.7 Å². The van der Waals surface area contributed by atoms with Crippen molar-refractivity contribution in [2.24, 2.45) is 4.99 Å². The molecule has 1 atom stereocenters. The Balaban J connectivity index is 0.00000364. The molecule has 2 N–H and O–H groups in total. The summed E-state index contributed by atoms with van der Waals surface area (Å²) < 4.78 is 11.2. The zero-order chi connectivity index (χ0) is 19.0. The molecule has 1 unspecified atom stereocenters. The van der Waals surface area contributed by atoms with E-state index in [1.54, 1.807) is 7.11 Å². The number of fused-ring (bicyclic) bond motifs is 1. The standard InChI is InChI=1S/C20H34N4O2.HI/c1-6-21-19(22-11-12-24(4)13-14-25-5)23-17-15-20(2,3)26-18-10-8-7-9-16(17)18;/h7-10,17H,6,11-15H2,1-5H3,(H2,21,22,23);1H. The van der Waals surface area contributed by atoms with Crippen molar-refractivity contribution < 1.29 is 9.47 Å². The summed E-state index contributed by atoms with van der Waals surface area (Å²) in [5, 5.41) is 6.96. The van der Waals surface area contributed by atoms with Gasteiger partial charge < -0.3 is 25.0 Å². The van der Waals surface area contributed by atoms with Crippen LogP contribution in [0.3, 0.4) is 0 Å². The molecular formula is C20H35IN4O2. The Labute approximate surface area is 181 Å². The van der Waals surface area contributed by atoms with Gasteiger partial charge in [-0.2, -0.15) is 0 Å². The van der Waals surface area contributed by atoms with Gasteiger partial charge in [-0.3, -0.25) is 4.99 Å². The van der Waals surface area contributed by atoms with Gasteiger partial charge in [-0.05, 0) is 33.9 Å². The van der Waals surface area contributed by atoms with Gasteiger partial charge in [0.1, 0.15) is 11.4 Å². The molecule has 0 fully saturated rings. The van der Waals surface area contributed by atoms with E-state index in [1.807, 2.05) is 12.1 Å². The molecule has 0 aliphatic carbocycles. The van der Waals surface area contributed by atoms with Crippen LogP contribution in [-0.4, -0.2) is 63.4 Å². The number of nitrogens with one attached hydrogen (secondary N) is 2. The zero-order valence-electron chi connectivity index (χ0n) is 17.2. The van der Waals surface area contributed by atoms with Crippen LogP contribution in [0, 0.1) is 0 Å². The summed E-state index contributed by atoms with van der Waals surface area (Å²) >= 11 is 0. The first-order valence-electron chi connectivity index (χ1n) is 9.45. The van der Waals surface area contributed by atoms with Gasteiger partial charge in [0.15, 0.2) is 5.96 Å². The van der Waals surface area contributed by atoms with E-state index >= 15 is 0 Å². The van der Waals surface area contributed by atoms with Crippen molar-refractivity contribution in [3.05, 3.63) is 29.8 Å². The number of guanidine groups is 1. The van der Waals surface area contributed by atoms with Crippen molar-refractivity contribution in [1.82, 2.24) is 15.5 Å². The summed E-state index contributed by atoms with van der Waals surface area (Å²) in [6, 6.07) is 8.43. The van der Waals surface area contributed by atoms with Gasteiger partial charge in [0.2, 0.25) is 0 Å². The third kappa shape index (κ3) is 7.83. The quantitative estimate of drug-likeness (QED) is 0.334. The van der Waals surface area contributed by atoms with Gasteiger partial charge in [0.05, 0.1) is 19.2 Å². The molecule has 154 valence electrons. The first-order chi connectivity index (χ1) is 12.4. The summed E-state index contributed by atoms with van der Waals surface area (Å²) in [6.45, 7) is 10.5. The van der Waals surface area contributed by atoms with Crippen LogP contribution >= 0.6 is 24.0 Å². The number of halogens is 1. The van der Waals surface area contributed by atoms with Crippen LogP contribution < -0.4 is 15.4 Å². The Morgan fingerprint density at radius 2 is 2.07 bits per heavy atom. The number of benzene rings is 1. The van der Waals surface area contributed by atoms with E-state index < -0.39 is 0 Å². The van der Waals surface area contributed by atoms with Crippen LogP contribution in [0.4, 0.5) is 0 Å². The second-order valence-corrected chi connectivity index (χ2v) is 7.36. The molecule has 0 aromatic heterocycles. The fraction of sp³-hybridized carbons (Fsp3) is 0.650. The minimum absolute atomic E-state index is 0. The predicted molar refractivity (Wildman–Crippen MR) is 122 cm³/mol. The smallest absolute Gasteiger partial charge is 0.191 e. The van der Waals surface area contributed by atoms with E-state index in [4.69, 9.17) is 14.5 Å². The summed E-state index contributed by atoms with van der Waals surface area (Å²) in [4.78, 5) is 6.97. The maximum atomic E-state index is 6.12. The first kappa shape index (κ1) is 24.0. The second-order valence-electron chi connectivity index (χ2n) is 7.36. The Morgan fingerprint density at radius 3 is 2.78 bits per heavy atom. The summed E-state index contributed by atoms with van der Waals surface area (Å²) in [5.74, 6) is 1.81. The number of likely N-dealkylation sites (N-methyl/N-ethyl adjacent to an activating group) is 1. The Bertz CT molecular complexity index is 595. The Morgan fingerprint density at radius 1 is 1.33 bits per heavy atom. The summed E-state index contributed by atoms with van der Waals surface area (Å²) in [6.07, 6.45) is 0.891. The van der Waals surface area contributed by atoms with E-state index in [0.717, 1.165) is 50.9 Å². The molecule has 1 aromatic carbocycles. The van der Waals surface area contributed by atoms with Crippen molar-refractivity contribution in [2.75, 3.05) is 46.9 Å². The molecule has 1 aliphatic heterocycles.